The zero-order valence-corrected chi connectivity index (χ0v) is 21.2. The van der Waals surface area contributed by atoms with Gasteiger partial charge in [0.25, 0.3) is 0 Å². The van der Waals surface area contributed by atoms with E-state index >= 15 is 0 Å². The lowest BCUT2D eigenvalue weighted by Crippen LogP contribution is -2.54. The van der Waals surface area contributed by atoms with Crippen LogP contribution in [0.25, 0.3) is 11.1 Å². The summed E-state index contributed by atoms with van der Waals surface area (Å²) in [6.07, 6.45) is 0.270. The lowest BCUT2D eigenvalue weighted by molar-refractivity contribution is -0.147. The Balaban J connectivity index is 1.66. The molecule has 1 aliphatic carbocycles. The number of ether oxygens (including phenoxy) is 1. The molecule has 0 aromatic heterocycles. The van der Waals surface area contributed by atoms with Crippen LogP contribution < -0.4 is 10.6 Å². The average molecular weight is 481 g/mol. The maximum Gasteiger partial charge on any atom is 0.407 e. The van der Waals surface area contributed by atoms with Gasteiger partial charge in [-0.2, -0.15) is 0 Å². The number of fused-ring (bicyclic) bond motifs is 3. The molecule has 0 spiro atoms. The number of hydrogen-bond donors (Lipinski definition) is 3. The number of benzene rings is 2. The summed E-state index contributed by atoms with van der Waals surface area (Å²) < 4.78 is 5.65. The van der Waals surface area contributed by atoms with E-state index in [0.29, 0.717) is 12.8 Å². The normalized spacial score (nSPS) is 15.3. The summed E-state index contributed by atoms with van der Waals surface area (Å²) in [5.74, 6) is -1.57. The zero-order chi connectivity index (χ0) is 25.8. The first-order valence-corrected chi connectivity index (χ1v) is 12.1. The predicted octanol–water partition coefficient (Wildman–Crippen LogP) is 5.09. The second-order valence-corrected chi connectivity index (χ2v) is 10.5. The number of hydrogen-bond acceptors (Lipinski definition) is 4. The molecule has 2 atom stereocenters. The van der Waals surface area contributed by atoms with Gasteiger partial charge in [0.1, 0.15) is 12.1 Å². The molecule has 1 aliphatic rings. The van der Waals surface area contributed by atoms with Gasteiger partial charge in [0.2, 0.25) is 5.91 Å². The maximum absolute atomic E-state index is 12.8. The molecule has 3 N–H and O–H groups in total. The van der Waals surface area contributed by atoms with E-state index in [1.807, 2.05) is 52.0 Å². The molecule has 0 bridgehead atoms. The minimum atomic E-state index is -1.35. The molecule has 3 rings (SSSR count). The number of aliphatic carboxylic acids is 1. The molecular formula is C28H36N2O5. The van der Waals surface area contributed by atoms with Crippen molar-refractivity contribution in [2.24, 2.45) is 5.41 Å². The number of carboxylic acid groups (broad SMARTS) is 1. The Morgan fingerprint density at radius 3 is 2.00 bits per heavy atom. The summed E-state index contributed by atoms with van der Waals surface area (Å²) in [5, 5.41) is 15.0. The fourth-order valence-corrected chi connectivity index (χ4v) is 4.62. The monoisotopic (exact) mass is 480 g/mol. The molecule has 0 saturated carbocycles. The van der Waals surface area contributed by atoms with Crippen molar-refractivity contribution in [2.45, 2.75) is 71.4 Å². The van der Waals surface area contributed by atoms with Crippen LogP contribution in [0.5, 0.6) is 0 Å². The van der Waals surface area contributed by atoms with Crippen LogP contribution in [0.15, 0.2) is 48.5 Å². The average Bonchev–Trinajstić information content (AvgIpc) is 3.10. The molecule has 0 heterocycles. The Labute approximate surface area is 207 Å². The van der Waals surface area contributed by atoms with Gasteiger partial charge < -0.3 is 20.5 Å². The van der Waals surface area contributed by atoms with Crippen molar-refractivity contribution in [3.63, 3.8) is 0 Å². The van der Waals surface area contributed by atoms with Crippen LogP contribution in [0.3, 0.4) is 0 Å². The second-order valence-electron chi connectivity index (χ2n) is 10.5. The molecule has 7 nitrogen and oxygen atoms in total. The van der Waals surface area contributed by atoms with Gasteiger partial charge in [-0.05, 0) is 41.0 Å². The largest absolute Gasteiger partial charge is 0.480 e. The van der Waals surface area contributed by atoms with Gasteiger partial charge in [-0.1, -0.05) is 82.6 Å². The Kier molecular flexibility index (Phi) is 7.88. The summed E-state index contributed by atoms with van der Waals surface area (Å²) >= 11 is 0. The highest BCUT2D eigenvalue weighted by Gasteiger charge is 2.36. The minimum Gasteiger partial charge on any atom is -0.480 e. The van der Waals surface area contributed by atoms with Gasteiger partial charge >= 0.3 is 12.1 Å². The molecule has 35 heavy (non-hydrogen) atoms. The lowest BCUT2D eigenvalue weighted by Gasteiger charge is -2.32. The highest BCUT2D eigenvalue weighted by atomic mass is 16.5. The third-order valence-corrected chi connectivity index (χ3v) is 6.71. The van der Waals surface area contributed by atoms with Crippen molar-refractivity contribution < 1.29 is 24.2 Å². The van der Waals surface area contributed by atoms with Gasteiger partial charge in [0.15, 0.2) is 0 Å². The highest BCUT2D eigenvalue weighted by molar-refractivity contribution is 5.87. The van der Waals surface area contributed by atoms with Crippen LogP contribution in [-0.2, 0) is 14.3 Å². The topological polar surface area (TPSA) is 105 Å². The summed E-state index contributed by atoms with van der Waals surface area (Å²) in [6.45, 7) is 9.29. The molecule has 0 radical (unpaired) electrons. The molecule has 7 heteroatoms. The van der Waals surface area contributed by atoms with E-state index in [0.717, 1.165) is 22.3 Å². The second kappa shape index (κ2) is 10.5. The molecule has 2 aromatic rings. The number of carboxylic acids is 1. The number of carbonyl (C=O) groups excluding carboxylic acids is 2. The highest BCUT2D eigenvalue weighted by Crippen LogP contribution is 2.44. The third kappa shape index (κ3) is 6.02. The van der Waals surface area contributed by atoms with Gasteiger partial charge in [-0.25, -0.2) is 9.59 Å². The summed E-state index contributed by atoms with van der Waals surface area (Å²) in [6, 6.07) is 15.7. The molecule has 0 fully saturated rings. The number of carbonyl (C=O) groups is 3. The predicted molar refractivity (Wildman–Crippen MR) is 135 cm³/mol. The summed E-state index contributed by atoms with van der Waals surface area (Å²) in [4.78, 5) is 37.2. The SMILES string of the molecule is CCCC(C)(NC(=O)CC(NC(=O)OCC1c2ccccc2-c2ccccc21)C(C)(C)C)C(=O)O. The Morgan fingerprint density at radius 2 is 1.51 bits per heavy atom. The Hall–Kier alpha value is -3.35. The smallest absolute Gasteiger partial charge is 0.407 e. The third-order valence-electron chi connectivity index (χ3n) is 6.71. The number of nitrogens with one attached hydrogen (secondary N) is 2. The first-order chi connectivity index (χ1) is 16.5. The maximum atomic E-state index is 12.8. The molecule has 188 valence electrons. The van der Waals surface area contributed by atoms with Crippen molar-refractivity contribution >= 4 is 18.0 Å². The molecule has 2 aromatic carbocycles. The first kappa shape index (κ1) is 26.3. The quantitative estimate of drug-likeness (QED) is 0.464. The van der Waals surface area contributed by atoms with E-state index in [4.69, 9.17) is 4.74 Å². The molecule has 2 unspecified atom stereocenters. The molecule has 0 aliphatic heterocycles. The fourth-order valence-electron chi connectivity index (χ4n) is 4.62. The molecule has 0 saturated heterocycles. The van der Waals surface area contributed by atoms with E-state index in [9.17, 15) is 19.5 Å². The van der Waals surface area contributed by atoms with Crippen molar-refractivity contribution in [1.82, 2.24) is 10.6 Å². The standard InChI is InChI=1S/C28H36N2O5/c1-6-15-28(5,25(32)33)30-24(31)16-23(27(2,3)4)29-26(34)35-17-22-20-13-9-7-11-18(20)19-12-8-10-14-21(19)22/h7-14,22-23H,6,15-17H2,1-5H3,(H,29,34)(H,30,31)(H,32,33). The van der Waals surface area contributed by atoms with Gasteiger partial charge in [0, 0.05) is 18.4 Å². The lowest BCUT2D eigenvalue weighted by atomic mass is 9.84. The number of amides is 2. The van der Waals surface area contributed by atoms with E-state index in [1.54, 1.807) is 0 Å². The van der Waals surface area contributed by atoms with Gasteiger partial charge in [-0.3, -0.25) is 4.79 Å². The van der Waals surface area contributed by atoms with E-state index < -0.39 is 35.0 Å². The van der Waals surface area contributed by atoms with Crippen LogP contribution in [0.1, 0.15) is 70.9 Å². The van der Waals surface area contributed by atoms with Crippen LogP contribution in [0.2, 0.25) is 0 Å². The Bertz CT molecular complexity index is 1050. The van der Waals surface area contributed by atoms with Gasteiger partial charge in [-0.15, -0.1) is 0 Å². The Morgan fingerprint density at radius 1 is 0.971 bits per heavy atom. The first-order valence-electron chi connectivity index (χ1n) is 12.1. The summed E-state index contributed by atoms with van der Waals surface area (Å²) in [5.41, 5.74) is 2.74. The fraction of sp³-hybridized carbons (Fsp3) is 0.464. The van der Waals surface area contributed by atoms with Gasteiger partial charge in [0.05, 0.1) is 0 Å². The van der Waals surface area contributed by atoms with Crippen LogP contribution in [-0.4, -0.2) is 41.3 Å². The number of alkyl carbamates (subject to hydrolysis) is 1. The van der Waals surface area contributed by atoms with E-state index in [2.05, 4.69) is 34.9 Å². The van der Waals surface area contributed by atoms with E-state index in [-0.39, 0.29) is 18.9 Å². The molecule has 2 amide bonds. The van der Waals surface area contributed by atoms with Crippen LogP contribution >= 0.6 is 0 Å². The van der Waals surface area contributed by atoms with E-state index in [1.165, 1.54) is 6.92 Å². The van der Waals surface area contributed by atoms with Crippen molar-refractivity contribution in [2.75, 3.05) is 6.61 Å². The van der Waals surface area contributed by atoms with Crippen molar-refractivity contribution in [3.05, 3.63) is 59.7 Å². The summed E-state index contributed by atoms with van der Waals surface area (Å²) in [7, 11) is 0. The van der Waals surface area contributed by atoms with Crippen LogP contribution in [0, 0.1) is 5.41 Å². The zero-order valence-electron chi connectivity index (χ0n) is 21.2. The van der Waals surface area contributed by atoms with Crippen LogP contribution in [0.4, 0.5) is 4.79 Å². The minimum absolute atomic E-state index is 0.0553. The van der Waals surface area contributed by atoms with Crippen molar-refractivity contribution in [3.8, 4) is 11.1 Å². The number of rotatable bonds is 9. The van der Waals surface area contributed by atoms with Crippen molar-refractivity contribution in [1.29, 1.82) is 0 Å². The molecular weight excluding hydrogens is 444 g/mol.